The van der Waals surface area contributed by atoms with E-state index in [2.05, 4.69) is 5.32 Å². The minimum Gasteiger partial charge on any atom is -0.497 e. The van der Waals surface area contributed by atoms with Crippen LogP contribution >= 0.6 is 0 Å². The number of rotatable bonds is 2. The van der Waals surface area contributed by atoms with Gasteiger partial charge in [-0.1, -0.05) is 12.1 Å². The van der Waals surface area contributed by atoms with Crippen molar-refractivity contribution in [3.05, 3.63) is 29.8 Å². The highest BCUT2D eigenvalue weighted by Crippen LogP contribution is 2.22. The number of benzene rings is 1. The lowest BCUT2D eigenvalue weighted by Gasteiger charge is -2.21. The number of hydrogen-bond acceptors (Lipinski definition) is 3. The van der Waals surface area contributed by atoms with E-state index in [0.29, 0.717) is 12.2 Å². The molecule has 0 aromatic heterocycles. The van der Waals surface area contributed by atoms with Crippen LogP contribution in [0.1, 0.15) is 17.9 Å². The van der Waals surface area contributed by atoms with Crippen LogP contribution in [0.5, 0.6) is 5.75 Å². The molecule has 1 heterocycles. The van der Waals surface area contributed by atoms with Gasteiger partial charge >= 0.3 is 0 Å². The molecular weight excluding hydrogens is 190 g/mol. The molecule has 0 spiro atoms. The van der Waals surface area contributed by atoms with E-state index >= 15 is 0 Å². The summed E-state index contributed by atoms with van der Waals surface area (Å²) >= 11 is 0. The minimum absolute atomic E-state index is 0.0182. The van der Waals surface area contributed by atoms with Gasteiger partial charge in [0.15, 0.2) is 0 Å². The molecule has 0 radical (unpaired) electrons. The van der Waals surface area contributed by atoms with Crippen LogP contribution in [0.15, 0.2) is 24.3 Å². The molecule has 0 bridgehead atoms. The molecule has 1 unspecified atom stereocenters. The molecule has 3 heteroatoms. The third kappa shape index (κ3) is 2.18. The van der Waals surface area contributed by atoms with Crippen LogP contribution in [0.4, 0.5) is 0 Å². The Morgan fingerprint density at radius 1 is 1.33 bits per heavy atom. The summed E-state index contributed by atoms with van der Waals surface area (Å²) in [5.74, 6) is 1.18. The number of hydrogen-bond donors (Lipinski definition) is 1. The van der Waals surface area contributed by atoms with Crippen molar-refractivity contribution < 1.29 is 9.53 Å². The van der Waals surface area contributed by atoms with E-state index in [-0.39, 0.29) is 5.92 Å². The molecule has 1 N–H and O–H groups in total. The molecule has 1 aliphatic rings. The van der Waals surface area contributed by atoms with Crippen LogP contribution < -0.4 is 10.1 Å². The lowest BCUT2D eigenvalue weighted by atomic mass is 9.90. The van der Waals surface area contributed by atoms with E-state index in [1.807, 2.05) is 24.3 Å². The van der Waals surface area contributed by atoms with Gasteiger partial charge in [0, 0.05) is 19.5 Å². The van der Waals surface area contributed by atoms with Crippen LogP contribution in [0, 0.1) is 0 Å². The van der Waals surface area contributed by atoms with Gasteiger partial charge in [-0.25, -0.2) is 0 Å². The van der Waals surface area contributed by atoms with E-state index in [1.165, 1.54) is 0 Å². The van der Waals surface area contributed by atoms with Crippen molar-refractivity contribution in [2.75, 3.05) is 20.2 Å². The molecule has 1 saturated heterocycles. The van der Waals surface area contributed by atoms with Gasteiger partial charge in [0.25, 0.3) is 0 Å². The highest BCUT2D eigenvalue weighted by molar-refractivity contribution is 5.86. The highest BCUT2D eigenvalue weighted by atomic mass is 16.5. The molecule has 1 fully saturated rings. The lowest BCUT2D eigenvalue weighted by Crippen LogP contribution is -2.35. The Labute approximate surface area is 89.4 Å². The first-order chi connectivity index (χ1) is 7.31. The lowest BCUT2D eigenvalue weighted by molar-refractivity contribution is -0.121. The quantitative estimate of drug-likeness (QED) is 0.791. The number of carbonyl (C=O) groups is 1. The van der Waals surface area contributed by atoms with Crippen LogP contribution in [0.25, 0.3) is 0 Å². The average molecular weight is 205 g/mol. The van der Waals surface area contributed by atoms with Gasteiger partial charge in [-0.3, -0.25) is 4.79 Å². The Morgan fingerprint density at radius 2 is 2.07 bits per heavy atom. The normalized spacial score (nSPS) is 21.4. The number of ketones is 1. The second-order valence-corrected chi connectivity index (χ2v) is 3.75. The minimum atomic E-state index is 0.0182. The Morgan fingerprint density at radius 3 is 2.67 bits per heavy atom. The number of nitrogens with one attached hydrogen (secondary N) is 1. The van der Waals surface area contributed by atoms with Crippen molar-refractivity contribution in [2.45, 2.75) is 12.3 Å². The molecule has 2 rings (SSSR count). The van der Waals surface area contributed by atoms with Crippen molar-refractivity contribution in [3.63, 3.8) is 0 Å². The summed E-state index contributed by atoms with van der Waals surface area (Å²) in [5.41, 5.74) is 1.08. The zero-order chi connectivity index (χ0) is 10.7. The number of carbonyl (C=O) groups excluding carboxylic acids is 1. The number of ether oxygens (including phenoxy) is 1. The maximum atomic E-state index is 11.7. The molecule has 1 atom stereocenters. The summed E-state index contributed by atoms with van der Waals surface area (Å²) in [6.45, 7) is 1.57. The summed E-state index contributed by atoms with van der Waals surface area (Å²) in [5, 5.41) is 3.24. The molecule has 0 amide bonds. The average Bonchev–Trinajstić information content (AvgIpc) is 2.30. The van der Waals surface area contributed by atoms with Gasteiger partial charge in [0.05, 0.1) is 13.0 Å². The van der Waals surface area contributed by atoms with Gasteiger partial charge in [-0.15, -0.1) is 0 Å². The zero-order valence-corrected chi connectivity index (χ0v) is 8.82. The number of methoxy groups -OCH3 is 1. The van der Waals surface area contributed by atoms with Gasteiger partial charge < -0.3 is 10.1 Å². The van der Waals surface area contributed by atoms with Crippen LogP contribution in [0.3, 0.4) is 0 Å². The van der Waals surface area contributed by atoms with Crippen molar-refractivity contribution in [1.29, 1.82) is 0 Å². The molecule has 3 nitrogen and oxygen atoms in total. The fraction of sp³-hybridized carbons (Fsp3) is 0.417. The van der Waals surface area contributed by atoms with E-state index < -0.39 is 0 Å². The van der Waals surface area contributed by atoms with Crippen molar-refractivity contribution in [3.8, 4) is 5.75 Å². The van der Waals surface area contributed by atoms with E-state index in [1.54, 1.807) is 7.11 Å². The Hall–Kier alpha value is -1.35. The molecule has 0 aliphatic carbocycles. The van der Waals surface area contributed by atoms with E-state index in [0.717, 1.165) is 24.4 Å². The highest BCUT2D eigenvalue weighted by Gasteiger charge is 2.23. The summed E-state index contributed by atoms with van der Waals surface area (Å²) < 4.78 is 5.08. The molecular formula is C12H15NO2. The fourth-order valence-electron chi connectivity index (χ4n) is 1.89. The Balaban J connectivity index is 2.17. The third-order valence-electron chi connectivity index (χ3n) is 2.80. The zero-order valence-electron chi connectivity index (χ0n) is 8.82. The Kier molecular flexibility index (Phi) is 3.02. The standard InChI is InChI=1S/C12H15NO2/c1-15-10-4-2-9(3-5-10)11-8-13-7-6-12(11)14/h2-5,11,13H,6-8H2,1H3. The fourth-order valence-corrected chi connectivity index (χ4v) is 1.89. The summed E-state index contributed by atoms with van der Waals surface area (Å²) in [7, 11) is 1.64. The predicted octanol–water partition coefficient (Wildman–Crippen LogP) is 1.34. The molecule has 80 valence electrons. The predicted molar refractivity (Wildman–Crippen MR) is 58.2 cm³/mol. The SMILES string of the molecule is COc1ccc(C2CNCCC2=O)cc1. The van der Waals surface area contributed by atoms with Crippen LogP contribution in [0.2, 0.25) is 0 Å². The van der Waals surface area contributed by atoms with Crippen LogP contribution in [-0.4, -0.2) is 26.0 Å². The summed E-state index contributed by atoms with van der Waals surface area (Å²) in [6.07, 6.45) is 0.636. The van der Waals surface area contributed by atoms with Crippen molar-refractivity contribution in [1.82, 2.24) is 5.32 Å². The number of Topliss-reactive ketones (excluding diaryl/α,β-unsaturated/α-hetero) is 1. The van der Waals surface area contributed by atoms with E-state index in [4.69, 9.17) is 4.74 Å². The smallest absolute Gasteiger partial charge is 0.142 e. The first-order valence-electron chi connectivity index (χ1n) is 5.18. The third-order valence-corrected chi connectivity index (χ3v) is 2.80. The molecule has 1 aromatic carbocycles. The van der Waals surface area contributed by atoms with Crippen molar-refractivity contribution >= 4 is 5.78 Å². The second-order valence-electron chi connectivity index (χ2n) is 3.75. The Bertz CT molecular complexity index is 345. The van der Waals surface area contributed by atoms with Crippen molar-refractivity contribution in [2.24, 2.45) is 0 Å². The molecule has 0 saturated carbocycles. The molecule has 1 aliphatic heterocycles. The summed E-state index contributed by atoms with van der Waals surface area (Å²) in [4.78, 5) is 11.7. The topological polar surface area (TPSA) is 38.3 Å². The van der Waals surface area contributed by atoms with Gasteiger partial charge in [0.2, 0.25) is 0 Å². The van der Waals surface area contributed by atoms with Gasteiger partial charge in [-0.05, 0) is 17.7 Å². The maximum Gasteiger partial charge on any atom is 0.142 e. The summed E-state index contributed by atoms with van der Waals surface area (Å²) in [6, 6.07) is 7.73. The first kappa shape index (κ1) is 10.2. The maximum absolute atomic E-state index is 11.7. The monoisotopic (exact) mass is 205 g/mol. The van der Waals surface area contributed by atoms with Gasteiger partial charge in [-0.2, -0.15) is 0 Å². The van der Waals surface area contributed by atoms with Crippen LogP contribution in [-0.2, 0) is 4.79 Å². The molecule has 15 heavy (non-hydrogen) atoms. The van der Waals surface area contributed by atoms with Gasteiger partial charge in [0.1, 0.15) is 11.5 Å². The first-order valence-corrected chi connectivity index (χ1v) is 5.18. The molecule has 1 aromatic rings. The number of piperidine rings is 1. The van der Waals surface area contributed by atoms with E-state index in [9.17, 15) is 4.79 Å². The largest absolute Gasteiger partial charge is 0.497 e. The second kappa shape index (κ2) is 4.45.